The SMILES string of the molecule is CC1(C)O[C@H]([C@H](O)CO)[C@@H]([C@H](O)CO)O1.CC1(C)O[C@H]([C@H]2COC(C)(C)O2)[C@@H]([C@H]2COC(C)(C)O2)O1.CC[C@H]1[C@@H](O)[C@H](O)[C@H](CC)P1c1ccccc1P1[C@@H](CC)[C@@H](O)[C@H](O)[C@@H]1CC.C[C@H]1[C@@H](O)[C@H](O)[C@H](C)P1c1ccccc1.C[C@H]1[C@@H](O)[C@H](O)[C@H](C)P1c1ccccc1P1[C@@H](C)[C@@H](O)[C@H](O)[C@@H]1C.OC[C@@H](O)[C@@H](O)[C@H](O)[C@H](O)CO. The van der Waals surface area contributed by atoms with Crippen molar-refractivity contribution in [3.05, 3.63) is 78.9 Å². The number of benzene rings is 3. The minimum atomic E-state index is -1.67. The Morgan fingerprint density at radius 1 is 0.322 bits per heavy atom. The summed E-state index contributed by atoms with van der Waals surface area (Å²) in [6, 6.07) is 27.0. The third kappa shape index (κ3) is 23.4. The maximum atomic E-state index is 10.7. The van der Waals surface area contributed by atoms with Crippen molar-refractivity contribution in [2.45, 2.75) is 364 Å². The number of rotatable bonds is 20. The summed E-state index contributed by atoms with van der Waals surface area (Å²) in [6.07, 6.45) is -14.2. The zero-order chi connectivity index (χ0) is 86.2. The Balaban J connectivity index is 0.000000195. The lowest BCUT2D eigenvalue weighted by molar-refractivity contribution is -0.178. The lowest BCUT2D eigenvalue weighted by atomic mass is 10.0. The van der Waals surface area contributed by atoms with Gasteiger partial charge in [0, 0.05) is 56.6 Å². The molecule has 9 aliphatic heterocycles. The van der Waals surface area contributed by atoms with Crippen LogP contribution in [0, 0.1) is 0 Å². The van der Waals surface area contributed by atoms with E-state index in [0.717, 1.165) is 25.7 Å². The number of ether oxygens (including phenoxy) is 8. The maximum Gasteiger partial charge on any atom is 0.164 e. The molecule has 115 heavy (non-hydrogen) atoms. The Kier molecular flexibility index (Phi) is 38.2. The van der Waals surface area contributed by atoms with Gasteiger partial charge in [-0.1, -0.05) is 188 Å². The van der Waals surface area contributed by atoms with Crippen molar-refractivity contribution >= 4 is 66.1 Å². The quantitative estimate of drug-likeness (QED) is 0.0706. The summed E-state index contributed by atoms with van der Waals surface area (Å²) in [6.45, 7) is 33.9. The molecule has 28 nitrogen and oxygen atoms in total. The Hall–Kier alpha value is -1.31. The summed E-state index contributed by atoms with van der Waals surface area (Å²) in [5, 5.41) is 199. The first-order chi connectivity index (χ1) is 53.8. The molecule has 33 heteroatoms. The van der Waals surface area contributed by atoms with Crippen LogP contribution in [0.15, 0.2) is 78.9 Å². The lowest BCUT2D eigenvalue weighted by Crippen LogP contribution is -2.46. The highest BCUT2D eigenvalue weighted by molar-refractivity contribution is 7.74. The predicted octanol–water partition coefficient (Wildman–Crippen LogP) is 1.16. The van der Waals surface area contributed by atoms with Crippen LogP contribution in [-0.4, -0.2) is 356 Å². The van der Waals surface area contributed by atoms with Crippen molar-refractivity contribution in [2.75, 3.05) is 39.6 Å². The fourth-order valence-corrected chi connectivity index (χ4v) is 35.8. The summed E-state index contributed by atoms with van der Waals surface area (Å²) in [5.74, 6) is -2.78. The van der Waals surface area contributed by atoms with Gasteiger partial charge < -0.3 is 140 Å². The van der Waals surface area contributed by atoms with Gasteiger partial charge in [-0.3, -0.25) is 0 Å². The van der Waals surface area contributed by atoms with Gasteiger partial charge >= 0.3 is 0 Å². The zero-order valence-corrected chi connectivity index (χ0v) is 74.5. The molecule has 9 saturated heterocycles. The van der Waals surface area contributed by atoms with Crippen LogP contribution in [0.5, 0.6) is 0 Å². The average molecular weight is 1730 g/mol. The standard InChI is InChI=1S/C22H36O4P2.C18H28O4P2.C15H26O6.C12H17O2P.C9H18O6.C6H14O6/c1-5-13-19(23)20(24)14(6-2)27(13)17-11-9-10-12-18(17)28-15(7-3)21(25)22(26)16(28)8-4;1-9-15(19)16(20)10(2)23(9)13-7-5-6-8-14(13)24-11(3)17(21)18(22)12(24)4;1-13(2)16-7-9(18-13)11-12(21-15(5,6)20-11)10-8-17-14(3,4)19-10;1-8-11(13)12(14)9(2)15(8)10-6-4-3-5-7-10;1-9(2)14-7(5(12)3-10)8(15-9)6(13)4-11;7-1-3(9)5(11)6(12)4(10)2-8/h9-16,19-26H,5-8H2,1-4H3;5-12,15-22H,1-4H3;9-12H,7-8H2,1-6H3;3-9,11-14H,1-2H3;5-8,10-13H,3-4H2,1-2H3;3-12H,1-2H2/t13-,14-,15-,16-,19+,20+,21+,22+;9-,10-,11-,12-,15+,16+,17+,18+;9-,10-,11-,12-;8-,9-,11+,12+;5-,6-,7-,8-;3-,4-,5-,6-/m001011/s1. The van der Waals surface area contributed by atoms with Gasteiger partial charge in [-0.25, -0.2) is 0 Å². The average Bonchev–Trinajstić information content (AvgIpc) is 1.60. The first kappa shape index (κ1) is 101. The largest absolute Gasteiger partial charge is 0.394 e. The topological polar surface area (TPSA) is 478 Å². The van der Waals surface area contributed by atoms with Gasteiger partial charge in [0.15, 0.2) is 23.1 Å². The third-order valence-corrected chi connectivity index (χ3v) is 41.4. The summed E-state index contributed by atoms with van der Waals surface area (Å²) >= 11 is 0. The van der Waals surface area contributed by atoms with Crippen molar-refractivity contribution in [3.63, 3.8) is 0 Å². The molecule has 3 aromatic rings. The van der Waals surface area contributed by atoms with Gasteiger partial charge in [0.05, 0.1) is 101 Å². The van der Waals surface area contributed by atoms with Crippen molar-refractivity contribution in [2.24, 2.45) is 0 Å². The van der Waals surface area contributed by atoms with Crippen LogP contribution < -0.4 is 26.5 Å². The van der Waals surface area contributed by atoms with Crippen LogP contribution in [0.2, 0.25) is 0 Å². The zero-order valence-electron chi connectivity index (χ0n) is 70.0. The molecule has 3 aromatic carbocycles. The minimum absolute atomic E-state index is 0.0456. The van der Waals surface area contributed by atoms with E-state index in [1.54, 1.807) is 13.8 Å². The highest BCUT2D eigenvalue weighted by Gasteiger charge is 2.57. The molecule has 0 aliphatic carbocycles. The van der Waals surface area contributed by atoms with Crippen molar-refractivity contribution < 1.29 is 140 Å². The molecular formula is C82H139O28P5. The second-order valence-electron chi connectivity index (χ2n) is 33.4. The number of hydrogen-bond acceptors (Lipinski definition) is 28. The summed E-state index contributed by atoms with van der Waals surface area (Å²) < 4.78 is 46.0. The van der Waals surface area contributed by atoms with Gasteiger partial charge in [0.25, 0.3) is 0 Å². The fourth-order valence-electron chi connectivity index (χ4n) is 17.5. The van der Waals surface area contributed by atoms with E-state index in [2.05, 4.69) is 76.2 Å². The van der Waals surface area contributed by atoms with Crippen molar-refractivity contribution in [3.8, 4) is 0 Å². The van der Waals surface area contributed by atoms with E-state index in [1.807, 2.05) is 113 Å². The molecule has 0 bridgehead atoms. The molecule has 9 aliphatic rings. The lowest BCUT2D eigenvalue weighted by Gasteiger charge is -2.33. The number of aliphatic hydroxyl groups excluding tert-OH is 20. The van der Waals surface area contributed by atoms with Gasteiger partial charge in [0.1, 0.15) is 73.2 Å². The van der Waals surface area contributed by atoms with Crippen LogP contribution in [0.3, 0.4) is 0 Å². The highest BCUT2D eigenvalue weighted by Crippen LogP contribution is 2.63. The predicted molar refractivity (Wildman–Crippen MR) is 447 cm³/mol. The summed E-state index contributed by atoms with van der Waals surface area (Å²) in [5.41, 5.74) is 0.960. The monoisotopic (exact) mass is 1730 g/mol. The molecule has 0 spiro atoms. The second kappa shape index (κ2) is 43.5. The van der Waals surface area contributed by atoms with E-state index in [4.69, 9.17) is 78.7 Å². The highest BCUT2D eigenvalue weighted by atomic mass is 31.1. The molecule has 0 radical (unpaired) electrons. The number of hydrogen-bond donors (Lipinski definition) is 20. The Labute approximate surface area is 685 Å². The van der Waals surface area contributed by atoms with Crippen molar-refractivity contribution in [1.82, 2.24) is 0 Å². The molecule has 32 atom stereocenters. The van der Waals surface area contributed by atoms with E-state index in [-0.39, 0.29) is 81.0 Å². The maximum absolute atomic E-state index is 10.7. The van der Waals surface area contributed by atoms with E-state index >= 15 is 0 Å². The summed E-state index contributed by atoms with van der Waals surface area (Å²) in [7, 11) is -3.24. The summed E-state index contributed by atoms with van der Waals surface area (Å²) in [4.78, 5) is 0. The van der Waals surface area contributed by atoms with Gasteiger partial charge in [-0.2, -0.15) is 0 Å². The molecule has 9 heterocycles. The number of aliphatic hydroxyl groups is 20. The third-order valence-electron chi connectivity index (χ3n) is 23.7. The first-order valence-corrected chi connectivity index (χ1v) is 48.1. The Bertz CT molecular complexity index is 3130. The van der Waals surface area contributed by atoms with Gasteiger partial charge in [-0.05, 0) is 108 Å². The van der Waals surface area contributed by atoms with E-state index in [9.17, 15) is 61.3 Å². The molecule has 12 rings (SSSR count). The second-order valence-corrected chi connectivity index (χ2v) is 47.5. The van der Waals surface area contributed by atoms with Crippen LogP contribution in [0.25, 0.3) is 0 Å². The molecule has 0 saturated carbocycles. The molecule has 0 unspecified atom stereocenters. The van der Waals surface area contributed by atoms with Crippen LogP contribution >= 0.6 is 39.6 Å². The molecule has 0 aromatic heterocycles. The Morgan fingerprint density at radius 3 is 0.817 bits per heavy atom. The molecule has 20 N–H and O–H groups in total. The van der Waals surface area contributed by atoms with E-state index in [1.165, 1.54) is 26.5 Å². The Morgan fingerprint density at radius 2 is 0.574 bits per heavy atom. The van der Waals surface area contributed by atoms with Crippen LogP contribution in [0.1, 0.15) is 150 Å². The van der Waals surface area contributed by atoms with E-state index < -0.39 is 199 Å². The van der Waals surface area contributed by atoms with Crippen LogP contribution in [0.4, 0.5) is 0 Å². The minimum Gasteiger partial charge on any atom is -0.394 e. The molecule has 660 valence electrons. The first-order valence-electron chi connectivity index (χ1n) is 40.7. The smallest absolute Gasteiger partial charge is 0.164 e. The van der Waals surface area contributed by atoms with E-state index in [0.29, 0.717) is 13.2 Å². The van der Waals surface area contributed by atoms with Crippen molar-refractivity contribution in [1.29, 1.82) is 0 Å². The van der Waals surface area contributed by atoms with Gasteiger partial charge in [-0.15, -0.1) is 0 Å². The normalized spacial score (nSPS) is 40.9. The molecule has 0 amide bonds. The molecular weight excluding hydrogens is 1590 g/mol. The fraction of sp³-hybridized carbons (Fsp3) is 0.780. The van der Waals surface area contributed by atoms with Gasteiger partial charge in [0.2, 0.25) is 0 Å². The molecule has 9 fully saturated rings. The van der Waals surface area contributed by atoms with Crippen LogP contribution in [-0.2, 0) is 37.9 Å².